The van der Waals surface area contributed by atoms with E-state index in [0.29, 0.717) is 6.04 Å². The average Bonchev–Trinajstić information content (AvgIpc) is 3.04. The molecular weight excluding hydrogens is 260 g/mol. The van der Waals surface area contributed by atoms with Crippen molar-refractivity contribution < 1.29 is 9.90 Å². The first-order valence-electron chi connectivity index (χ1n) is 6.58. The molecule has 1 saturated carbocycles. The molecule has 5 heteroatoms. The van der Waals surface area contributed by atoms with E-state index in [4.69, 9.17) is 5.11 Å². The van der Waals surface area contributed by atoms with Crippen molar-refractivity contribution in [3.63, 3.8) is 0 Å². The van der Waals surface area contributed by atoms with Crippen molar-refractivity contribution in [3.05, 3.63) is 24.3 Å². The molecule has 1 N–H and O–H groups in total. The first kappa shape index (κ1) is 12.4. The summed E-state index contributed by atoms with van der Waals surface area (Å²) in [4.78, 5) is 17.7. The molecule has 0 unspecified atom stereocenters. The van der Waals surface area contributed by atoms with Crippen LogP contribution in [0.3, 0.4) is 0 Å². The quantitative estimate of drug-likeness (QED) is 0.932. The summed E-state index contributed by atoms with van der Waals surface area (Å²) < 4.78 is 1.12. The number of aliphatic carboxylic acids is 1. The van der Waals surface area contributed by atoms with Crippen molar-refractivity contribution in [2.75, 3.05) is 11.4 Å². The van der Waals surface area contributed by atoms with E-state index in [-0.39, 0.29) is 6.54 Å². The molecule has 0 radical (unpaired) electrons. The van der Waals surface area contributed by atoms with Crippen LogP contribution in [0.2, 0.25) is 0 Å². The number of benzene rings is 1. The molecule has 0 bridgehead atoms. The maximum absolute atomic E-state index is 11.1. The lowest BCUT2D eigenvalue weighted by atomic mass is 10.2. The SMILES string of the molecule is O=C(O)CN(c1nc2ccccc2s1)C1CCCC1. The molecular formula is C14H16N2O2S. The molecule has 1 heterocycles. The minimum absolute atomic E-state index is 0.0461. The normalized spacial score (nSPS) is 16.0. The maximum atomic E-state index is 11.1. The van der Waals surface area contributed by atoms with Crippen molar-refractivity contribution in [1.82, 2.24) is 4.98 Å². The Morgan fingerprint density at radius 1 is 1.37 bits per heavy atom. The molecule has 1 aromatic heterocycles. The van der Waals surface area contributed by atoms with Gasteiger partial charge < -0.3 is 10.0 Å². The Balaban J connectivity index is 1.95. The molecule has 4 nitrogen and oxygen atoms in total. The Labute approximate surface area is 115 Å². The summed E-state index contributed by atoms with van der Waals surface area (Å²) in [6.07, 6.45) is 4.52. The highest BCUT2D eigenvalue weighted by atomic mass is 32.1. The van der Waals surface area contributed by atoms with Crippen molar-refractivity contribution in [2.24, 2.45) is 0 Å². The molecule has 1 aliphatic rings. The lowest BCUT2D eigenvalue weighted by Crippen LogP contribution is -2.37. The molecule has 1 aromatic carbocycles. The third kappa shape index (κ3) is 2.56. The summed E-state index contributed by atoms with van der Waals surface area (Å²) in [5.74, 6) is -0.786. The highest BCUT2D eigenvalue weighted by molar-refractivity contribution is 7.22. The molecule has 0 saturated heterocycles. The number of carboxylic acid groups (broad SMARTS) is 1. The number of hydrogen-bond acceptors (Lipinski definition) is 4. The standard InChI is InChI=1S/C14H16N2O2S/c17-13(18)9-16(10-5-1-2-6-10)14-15-11-7-3-4-8-12(11)19-14/h3-4,7-8,10H,1-2,5-6,9H2,(H,17,18). The fourth-order valence-corrected chi connectivity index (χ4v) is 3.73. The molecule has 100 valence electrons. The van der Waals surface area contributed by atoms with Crippen LogP contribution in [0.25, 0.3) is 10.2 Å². The number of thiazole rings is 1. The van der Waals surface area contributed by atoms with Crippen LogP contribution in [0.5, 0.6) is 0 Å². The largest absolute Gasteiger partial charge is 0.480 e. The Bertz CT molecular complexity index is 557. The molecule has 0 amide bonds. The lowest BCUT2D eigenvalue weighted by molar-refractivity contribution is -0.135. The van der Waals surface area contributed by atoms with Crippen LogP contribution in [0, 0.1) is 0 Å². The van der Waals surface area contributed by atoms with E-state index in [0.717, 1.165) is 28.2 Å². The molecule has 0 spiro atoms. The molecule has 19 heavy (non-hydrogen) atoms. The first-order chi connectivity index (χ1) is 9.24. The topological polar surface area (TPSA) is 53.4 Å². The van der Waals surface area contributed by atoms with Crippen LogP contribution in [0.4, 0.5) is 5.13 Å². The van der Waals surface area contributed by atoms with Gasteiger partial charge in [0.1, 0.15) is 6.54 Å². The third-order valence-corrected chi connectivity index (χ3v) is 4.67. The smallest absolute Gasteiger partial charge is 0.323 e. The number of para-hydroxylation sites is 1. The number of rotatable bonds is 4. The van der Waals surface area contributed by atoms with Crippen molar-refractivity contribution >= 4 is 32.7 Å². The molecule has 1 fully saturated rings. The lowest BCUT2D eigenvalue weighted by Gasteiger charge is -2.26. The maximum Gasteiger partial charge on any atom is 0.323 e. The third-order valence-electron chi connectivity index (χ3n) is 3.60. The Morgan fingerprint density at radius 2 is 2.11 bits per heavy atom. The van der Waals surface area contributed by atoms with E-state index in [1.165, 1.54) is 12.8 Å². The van der Waals surface area contributed by atoms with Gasteiger partial charge >= 0.3 is 5.97 Å². The zero-order valence-electron chi connectivity index (χ0n) is 10.6. The van der Waals surface area contributed by atoms with Gasteiger partial charge in [-0.25, -0.2) is 4.98 Å². The second-order valence-corrected chi connectivity index (χ2v) is 5.93. The summed E-state index contributed by atoms with van der Waals surface area (Å²) >= 11 is 1.59. The minimum Gasteiger partial charge on any atom is -0.480 e. The fourth-order valence-electron chi connectivity index (χ4n) is 2.70. The Morgan fingerprint density at radius 3 is 2.79 bits per heavy atom. The number of anilines is 1. The highest BCUT2D eigenvalue weighted by Gasteiger charge is 2.26. The monoisotopic (exact) mass is 276 g/mol. The first-order valence-corrected chi connectivity index (χ1v) is 7.40. The van der Waals surface area contributed by atoms with E-state index in [1.54, 1.807) is 11.3 Å². The van der Waals surface area contributed by atoms with Crippen LogP contribution in [0.1, 0.15) is 25.7 Å². The van der Waals surface area contributed by atoms with Crippen LogP contribution in [0.15, 0.2) is 24.3 Å². The summed E-state index contributed by atoms with van der Waals surface area (Å²) in [7, 11) is 0. The number of nitrogens with zero attached hydrogens (tertiary/aromatic N) is 2. The van der Waals surface area contributed by atoms with Crippen LogP contribution in [-0.2, 0) is 4.79 Å². The van der Waals surface area contributed by atoms with Gasteiger partial charge in [0.05, 0.1) is 10.2 Å². The zero-order valence-corrected chi connectivity index (χ0v) is 11.4. The van der Waals surface area contributed by atoms with Crippen LogP contribution < -0.4 is 4.90 Å². The van der Waals surface area contributed by atoms with Gasteiger partial charge in [-0.1, -0.05) is 36.3 Å². The van der Waals surface area contributed by atoms with Crippen LogP contribution >= 0.6 is 11.3 Å². The van der Waals surface area contributed by atoms with E-state index < -0.39 is 5.97 Å². The van der Waals surface area contributed by atoms with Crippen molar-refractivity contribution in [2.45, 2.75) is 31.7 Å². The van der Waals surface area contributed by atoms with E-state index >= 15 is 0 Å². The molecule has 2 aromatic rings. The van der Waals surface area contributed by atoms with Gasteiger partial charge in [-0.2, -0.15) is 0 Å². The number of carbonyl (C=O) groups is 1. The van der Waals surface area contributed by atoms with Gasteiger partial charge in [0.2, 0.25) is 0 Å². The van der Waals surface area contributed by atoms with E-state index in [2.05, 4.69) is 4.98 Å². The molecule has 0 atom stereocenters. The summed E-state index contributed by atoms with van der Waals surface area (Å²) in [6.45, 7) is 0.0461. The number of fused-ring (bicyclic) bond motifs is 1. The van der Waals surface area contributed by atoms with Gasteiger partial charge in [-0.15, -0.1) is 0 Å². The van der Waals surface area contributed by atoms with E-state index in [1.807, 2.05) is 29.2 Å². The number of hydrogen-bond donors (Lipinski definition) is 1. The van der Waals surface area contributed by atoms with E-state index in [9.17, 15) is 4.79 Å². The fraction of sp³-hybridized carbons (Fsp3) is 0.429. The van der Waals surface area contributed by atoms with Gasteiger partial charge in [0.25, 0.3) is 0 Å². The predicted molar refractivity (Wildman–Crippen MR) is 76.9 cm³/mol. The van der Waals surface area contributed by atoms with Gasteiger partial charge in [-0.3, -0.25) is 4.79 Å². The second-order valence-electron chi connectivity index (χ2n) is 4.92. The minimum atomic E-state index is -0.786. The summed E-state index contributed by atoms with van der Waals surface area (Å²) in [5, 5.41) is 9.96. The van der Waals surface area contributed by atoms with Gasteiger partial charge in [-0.05, 0) is 25.0 Å². The highest BCUT2D eigenvalue weighted by Crippen LogP contribution is 2.33. The number of carboxylic acids is 1. The van der Waals surface area contributed by atoms with Crippen molar-refractivity contribution in [3.8, 4) is 0 Å². The number of aromatic nitrogens is 1. The summed E-state index contributed by atoms with van der Waals surface area (Å²) in [5.41, 5.74) is 0.955. The molecule has 1 aliphatic carbocycles. The average molecular weight is 276 g/mol. The zero-order chi connectivity index (χ0) is 13.2. The predicted octanol–water partition coefficient (Wildman–Crippen LogP) is 3.13. The van der Waals surface area contributed by atoms with Gasteiger partial charge in [0, 0.05) is 6.04 Å². The molecule has 0 aliphatic heterocycles. The Kier molecular flexibility index (Phi) is 3.38. The van der Waals surface area contributed by atoms with Gasteiger partial charge in [0.15, 0.2) is 5.13 Å². The Hall–Kier alpha value is -1.62. The van der Waals surface area contributed by atoms with Crippen molar-refractivity contribution in [1.29, 1.82) is 0 Å². The second kappa shape index (κ2) is 5.17. The molecule has 3 rings (SSSR count). The summed E-state index contributed by atoms with van der Waals surface area (Å²) in [6, 6.07) is 8.29. The van der Waals surface area contributed by atoms with Crippen LogP contribution in [-0.4, -0.2) is 28.6 Å².